The van der Waals surface area contributed by atoms with Crippen LogP contribution in [0.2, 0.25) is 0 Å². The first kappa shape index (κ1) is 41.5. The summed E-state index contributed by atoms with van der Waals surface area (Å²) in [4.78, 5) is 22.6. The van der Waals surface area contributed by atoms with Gasteiger partial charge in [0.25, 0.3) is 0 Å². The van der Waals surface area contributed by atoms with Gasteiger partial charge in [0, 0.05) is 31.5 Å². The molecule has 260 valence electrons. The number of rotatable bonds is 12. The zero-order chi connectivity index (χ0) is 35.5. The van der Waals surface area contributed by atoms with Crippen molar-refractivity contribution in [3.05, 3.63) is 57.6 Å². The molecule has 6 nitrogen and oxygen atoms in total. The fourth-order valence-electron chi connectivity index (χ4n) is 4.97. The molecule has 0 aromatic heterocycles. The van der Waals surface area contributed by atoms with Gasteiger partial charge >= 0.3 is 5.97 Å². The van der Waals surface area contributed by atoms with Gasteiger partial charge in [-0.3, -0.25) is 4.79 Å². The lowest BCUT2D eigenvalue weighted by atomic mass is 9.78. The molecular weight excluding hydrogens is 596 g/mol. The van der Waals surface area contributed by atoms with Gasteiger partial charge in [-0.1, -0.05) is 107 Å². The number of hydrogen-bond donors (Lipinski definition) is 2. The molecule has 0 saturated carbocycles. The normalized spacial score (nSPS) is 12.4. The molecule has 0 bridgehead atoms. The van der Waals surface area contributed by atoms with E-state index in [4.69, 9.17) is 9.47 Å². The van der Waals surface area contributed by atoms with Crippen molar-refractivity contribution in [3.8, 4) is 11.5 Å². The molecule has 0 amide bonds. The van der Waals surface area contributed by atoms with E-state index in [1.807, 2.05) is 24.3 Å². The second-order valence-corrected chi connectivity index (χ2v) is 17.3. The Hall–Kier alpha value is -2.51. The molecule has 7 heteroatoms. The quantitative estimate of drug-likeness (QED) is 0.134. The Morgan fingerprint density at radius 1 is 0.674 bits per heavy atom. The number of phenolic OH excluding ortho intramolecular Hbond substituents is 2. The summed E-state index contributed by atoms with van der Waals surface area (Å²) in [6.07, 6.45) is 3.16. The van der Waals surface area contributed by atoms with Crippen LogP contribution >= 0.6 is 11.8 Å². The van der Waals surface area contributed by atoms with Crippen molar-refractivity contribution in [3.63, 3.8) is 0 Å². The molecule has 0 aliphatic carbocycles. The maximum Gasteiger partial charge on any atom is 0.306 e. The number of esters is 1. The molecule has 0 radical (unpaired) electrons. The van der Waals surface area contributed by atoms with E-state index in [9.17, 15) is 19.8 Å². The lowest BCUT2D eigenvalue weighted by Gasteiger charge is -2.28. The third-order valence-electron chi connectivity index (χ3n) is 7.66. The summed E-state index contributed by atoms with van der Waals surface area (Å²) in [5.74, 6) is 2.29. The van der Waals surface area contributed by atoms with Crippen LogP contribution in [0.5, 0.6) is 11.5 Å². The van der Waals surface area contributed by atoms with Gasteiger partial charge in [0.2, 0.25) is 0 Å². The fraction of sp³-hybridized carbons (Fsp3) is 0.641. The Labute approximate surface area is 284 Å². The molecule has 0 saturated heterocycles. The van der Waals surface area contributed by atoms with E-state index in [0.29, 0.717) is 44.0 Å². The number of thioether (sulfide) groups is 1. The Morgan fingerprint density at radius 2 is 1.04 bits per heavy atom. The van der Waals surface area contributed by atoms with Gasteiger partial charge in [0.05, 0.1) is 6.61 Å². The third kappa shape index (κ3) is 13.7. The minimum Gasteiger partial charge on any atom is -0.507 e. The van der Waals surface area contributed by atoms with Crippen molar-refractivity contribution < 1.29 is 29.3 Å². The molecule has 2 aromatic carbocycles. The van der Waals surface area contributed by atoms with Crippen LogP contribution < -0.4 is 0 Å². The smallest absolute Gasteiger partial charge is 0.306 e. The molecule has 2 N–H and O–H groups in total. The van der Waals surface area contributed by atoms with E-state index >= 15 is 0 Å². The number of carbonyl (C=O) groups excluding carboxylic acids is 2. The molecule has 46 heavy (non-hydrogen) atoms. The maximum absolute atomic E-state index is 12.0. The van der Waals surface area contributed by atoms with Gasteiger partial charge in [0.1, 0.15) is 24.4 Å². The Balaban J connectivity index is 0.000000489. The van der Waals surface area contributed by atoms with Crippen molar-refractivity contribution in [1.29, 1.82) is 0 Å². The van der Waals surface area contributed by atoms with Crippen molar-refractivity contribution in [2.24, 2.45) is 0 Å². The number of hydrogen-bond acceptors (Lipinski definition) is 7. The number of carbonyl (C=O) groups is 2. The molecule has 0 aliphatic rings. The summed E-state index contributed by atoms with van der Waals surface area (Å²) in [5, 5.41) is 21.3. The van der Waals surface area contributed by atoms with Gasteiger partial charge in [-0.2, -0.15) is 11.8 Å². The van der Waals surface area contributed by atoms with Crippen molar-refractivity contribution in [2.75, 3.05) is 31.8 Å². The van der Waals surface area contributed by atoms with Crippen molar-refractivity contribution >= 4 is 24.0 Å². The number of aldehydes is 1. The number of methoxy groups -OCH3 is 1. The summed E-state index contributed by atoms with van der Waals surface area (Å²) in [7, 11) is 1.68. The molecular formula is C39H62O6S. The number of phenols is 2. The zero-order valence-electron chi connectivity index (χ0n) is 31.0. The summed E-state index contributed by atoms with van der Waals surface area (Å²) in [6, 6.07) is 8.12. The summed E-state index contributed by atoms with van der Waals surface area (Å²) >= 11 is 1.72. The summed E-state index contributed by atoms with van der Waals surface area (Å²) < 4.78 is 10.3. The SMILES string of the molecule is CC(C)(C)c1cc(CCC=O)cc(C(C)(C)C)c1O.COCCSCCOC(=O)CCc1cc(C(C)(C)C)c(O)c(C(C)(C)C)c1. The van der Waals surface area contributed by atoms with Gasteiger partial charge in [0.15, 0.2) is 0 Å². The minimum atomic E-state index is -0.176. The fourth-order valence-corrected chi connectivity index (χ4v) is 5.66. The second-order valence-electron chi connectivity index (χ2n) is 16.1. The highest BCUT2D eigenvalue weighted by molar-refractivity contribution is 7.99. The molecule has 0 fully saturated rings. The third-order valence-corrected chi connectivity index (χ3v) is 8.57. The number of aromatic hydroxyl groups is 2. The van der Waals surface area contributed by atoms with Crippen LogP contribution in [0.3, 0.4) is 0 Å². The first-order valence-corrected chi connectivity index (χ1v) is 17.6. The molecule has 2 rings (SSSR count). The van der Waals surface area contributed by atoms with Gasteiger partial charge < -0.3 is 24.5 Å². The number of aryl methyl sites for hydroxylation is 2. The van der Waals surface area contributed by atoms with Crippen LogP contribution in [0.1, 0.15) is 129 Å². The summed E-state index contributed by atoms with van der Waals surface area (Å²) in [5.41, 5.74) is 5.40. The lowest BCUT2D eigenvalue weighted by Crippen LogP contribution is -2.18. The Bertz CT molecular complexity index is 1200. The van der Waals surface area contributed by atoms with Crippen LogP contribution in [0.15, 0.2) is 24.3 Å². The van der Waals surface area contributed by atoms with E-state index in [1.54, 1.807) is 18.9 Å². The molecule has 0 atom stereocenters. The van der Waals surface area contributed by atoms with E-state index < -0.39 is 0 Å². The van der Waals surface area contributed by atoms with E-state index in [-0.39, 0.29) is 27.6 Å². The first-order valence-electron chi connectivity index (χ1n) is 16.4. The maximum atomic E-state index is 12.0. The van der Waals surface area contributed by atoms with Gasteiger partial charge in [-0.15, -0.1) is 0 Å². The molecule has 0 heterocycles. The van der Waals surface area contributed by atoms with Gasteiger partial charge in [-0.05, 0) is 67.9 Å². The second kappa shape index (κ2) is 17.6. The Morgan fingerprint density at radius 3 is 1.39 bits per heavy atom. The molecule has 0 aliphatic heterocycles. The minimum absolute atomic E-state index is 0.110. The molecule has 0 unspecified atom stereocenters. The average Bonchev–Trinajstić information content (AvgIpc) is 2.91. The van der Waals surface area contributed by atoms with Crippen LogP contribution in [0, 0.1) is 0 Å². The first-order chi connectivity index (χ1) is 21.0. The monoisotopic (exact) mass is 658 g/mol. The average molecular weight is 659 g/mol. The lowest BCUT2D eigenvalue weighted by molar-refractivity contribution is -0.142. The van der Waals surface area contributed by atoms with Crippen LogP contribution in [0.25, 0.3) is 0 Å². The van der Waals surface area contributed by atoms with E-state index in [1.165, 1.54) is 0 Å². The predicted molar refractivity (Wildman–Crippen MR) is 194 cm³/mol. The predicted octanol–water partition coefficient (Wildman–Crippen LogP) is 8.96. The van der Waals surface area contributed by atoms with Crippen LogP contribution in [-0.4, -0.2) is 54.3 Å². The van der Waals surface area contributed by atoms with E-state index in [2.05, 4.69) is 83.1 Å². The molecule has 2 aromatic rings. The zero-order valence-corrected chi connectivity index (χ0v) is 31.8. The number of benzene rings is 2. The standard InChI is InChI=1S/C22H36O4S.C17H26O2/c1-21(2,3)17-14-16(15-18(20(17)24)22(4,5)6)8-9-19(23)26-11-13-27-12-10-25-7;1-16(2,3)13-10-12(8-7-9-18)11-14(15(13)19)17(4,5)6/h14-15,24H,8-13H2,1-7H3;9-11,19H,7-8H2,1-6H3. The highest BCUT2D eigenvalue weighted by atomic mass is 32.2. The highest BCUT2D eigenvalue weighted by Crippen LogP contribution is 2.41. The largest absolute Gasteiger partial charge is 0.507 e. The van der Waals surface area contributed by atoms with Crippen LogP contribution in [0.4, 0.5) is 0 Å². The van der Waals surface area contributed by atoms with Crippen molar-refractivity contribution in [2.45, 2.75) is 130 Å². The highest BCUT2D eigenvalue weighted by Gasteiger charge is 2.27. The van der Waals surface area contributed by atoms with E-state index in [0.717, 1.165) is 57.6 Å². The van der Waals surface area contributed by atoms with Gasteiger partial charge in [-0.25, -0.2) is 0 Å². The summed E-state index contributed by atoms with van der Waals surface area (Å²) in [6.45, 7) is 26.3. The Kier molecular flexibility index (Phi) is 15.9. The van der Waals surface area contributed by atoms with Crippen molar-refractivity contribution in [1.82, 2.24) is 0 Å². The van der Waals surface area contributed by atoms with Crippen LogP contribution in [-0.2, 0) is 53.6 Å². The topological polar surface area (TPSA) is 93.1 Å². The molecule has 0 spiro atoms. The number of ether oxygens (including phenoxy) is 2.